The van der Waals surface area contributed by atoms with Crippen molar-refractivity contribution in [2.45, 2.75) is 26.7 Å². The Bertz CT molecular complexity index is 1040. The molecule has 7 heteroatoms. The largest absolute Gasteiger partial charge is 0.339 e. The van der Waals surface area contributed by atoms with Gasteiger partial charge >= 0.3 is 0 Å². The van der Waals surface area contributed by atoms with Crippen LogP contribution in [0.5, 0.6) is 0 Å². The van der Waals surface area contributed by atoms with Gasteiger partial charge in [-0.2, -0.15) is 4.98 Å². The van der Waals surface area contributed by atoms with Crippen LogP contribution in [0.25, 0.3) is 11.4 Å². The zero-order valence-electron chi connectivity index (χ0n) is 16.4. The monoisotopic (exact) mass is 390 g/mol. The van der Waals surface area contributed by atoms with Crippen LogP contribution in [0.4, 0.5) is 11.4 Å². The third kappa shape index (κ3) is 4.03. The van der Waals surface area contributed by atoms with Gasteiger partial charge in [-0.25, -0.2) is 0 Å². The first-order valence-corrected chi connectivity index (χ1v) is 9.64. The summed E-state index contributed by atoms with van der Waals surface area (Å²) in [7, 11) is 0. The fraction of sp³-hybridized carbons (Fsp3) is 0.273. The third-order valence-corrected chi connectivity index (χ3v) is 5.00. The number of amides is 2. The van der Waals surface area contributed by atoms with E-state index in [1.807, 2.05) is 50.2 Å². The second-order valence-corrected chi connectivity index (χ2v) is 7.18. The zero-order valence-corrected chi connectivity index (χ0v) is 16.4. The van der Waals surface area contributed by atoms with E-state index in [1.54, 1.807) is 17.0 Å². The Hall–Kier alpha value is -3.48. The topological polar surface area (TPSA) is 88.3 Å². The summed E-state index contributed by atoms with van der Waals surface area (Å²) in [5.74, 6) is 0.438. The van der Waals surface area contributed by atoms with E-state index in [9.17, 15) is 9.59 Å². The van der Waals surface area contributed by atoms with E-state index in [-0.39, 0.29) is 18.2 Å². The van der Waals surface area contributed by atoms with Crippen molar-refractivity contribution in [2.24, 2.45) is 5.92 Å². The Morgan fingerprint density at radius 1 is 1.24 bits per heavy atom. The molecule has 1 saturated heterocycles. The zero-order chi connectivity index (χ0) is 20.4. The van der Waals surface area contributed by atoms with Gasteiger partial charge < -0.3 is 14.7 Å². The number of benzene rings is 2. The maximum Gasteiger partial charge on any atom is 0.229 e. The van der Waals surface area contributed by atoms with E-state index in [0.29, 0.717) is 30.4 Å². The van der Waals surface area contributed by atoms with Crippen LogP contribution in [-0.2, 0) is 16.0 Å². The molecule has 0 saturated carbocycles. The molecule has 2 aromatic carbocycles. The molecule has 1 atom stereocenters. The number of anilines is 2. The molecule has 0 spiro atoms. The van der Waals surface area contributed by atoms with Crippen LogP contribution < -0.4 is 10.2 Å². The predicted octanol–water partition coefficient (Wildman–Crippen LogP) is 3.60. The summed E-state index contributed by atoms with van der Waals surface area (Å²) in [6, 6.07) is 15.0. The minimum Gasteiger partial charge on any atom is -0.339 e. The summed E-state index contributed by atoms with van der Waals surface area (Å²) >= 11 is 0. The van der Waals surface area contributed by atoms with Crippen LogP contribution in [-0.4, -0.2) is 28.5 Å². The lowest BCUT2D eigenvalue weighted by molar-refractivity contribution is -0.122. The van der Waals surface area contributed by atoms with Crippen molar-refractivity contribution >= 4 is 23.2 Å². The average molecular weight is 390 g/mol. The van der Waals surface area contributed by atoms with Crippen molar-refractivity contribution in [2.75, 3.05) is 16.8 Å². The molecule has 29 heavy (non-hydrogen) atoms. The molecule has 3 aromatic rings. The molecule has 7 nitrogen and oxygen atoms in total. The van der Waals surface area contributed by atoms with Gasteiger partial charge in [0, 0.05) is 36.3 Å². The molecule has 1 N–H and O–H groups in total. The first-order chi connectivity index (χ1) is 14.0. The highest BCUT2D eigenvalue weighted by molar-refractivity contribution is 6.03. The number of nitrogens with one attached hydrogen (secondary N) is 1. The molecule has 1 aromatic heterocycles. The fourth-order valence-corrected chi connectivity index (χ4v) is 3.35. The summed E-state index contributed by atoms with van der Waals surface area (Å²) in [5, 5.41) is 6.88. The van der Waals surface area contributed by atoms with Gasteiger partial charge in [0.1, 0.15) is 0 Å². The Labute approximate surface area is 168 Å². The van der Waals surface area contributed by atoms with E-state index in [1.165, 1.54) is 0 Å². The van der Waals surface area contributed by atoms with Gasteiger partial charge in [-0.3, -0.25) is 9.59 Å². The standard InChI is InChI=1S/C22H22N4O3/c1-3-19-24-21(25-29-19)15-5-4-6-17(11-15)23-22(28)16-12-20(27)26(13-16)18-9-7-14(2)8-10-18/h4-11,16H,3,12-13H2,1-2H3,(H,23,28). The fourth-order valence-electron chi connectivity index (χ4n) is 3.35. The van der Waals surface area contributed by atoms with Crippen molar-refractivity contribution in [3.63, 3.8) is 0 Å². The normalized spacial score (nSPS) is 16.3. The molecule has 1 fully saturated rings. The lowest BCUT2D eigenvalue weighted by atomic mass is 10.1. The number of hydrogen-bond donors (Lipinski definition) is 1. The Morgan fingerprint density at radius 2 is 2.03 bits per heavy atom. The number of carbonyl (C=O) groups is 2. The second kappa shape index (κ2) is 7.87. The number of nitrogens with zero attached hydrogens (tertiary/aromatic N) is 3. The maximum atomic E-state index is 12.7. The number of aryl methyl sites for hydroxylation is 2. The van der Waals surface area contributed by atoms with E-state index >= 15 is 0 Å². The van der Waals surface area contributed by atoms with Crippen molar-refractivity contribution in [1.29, 1.82) is 0 Å². The highest BCUT2D eigenvalue weighted by Crippen LogP contribution is 2.27. The molecular formula is C22H22N4O3. The Kier molecular flexibility index (Phi) is 5.12. The van der Waals surface area contributed by atoms with Gasteiger partial charge in [-0.15, -0.1) is 0 Å². The van der Waals surface area contributed by atoms with Crippen molar-refractivity contribution in [3.8, 4) is 11.4 Å². The third-order valence-electron chi connectivity index (χ3n) is 5.00. The number of aromatic nitrogens is 2. The van der Waals surface area contributed by atoms with Crippen molar-refractivity contribution in [1.82, 2.24) is 10.1 Å². The molecule has 0 radical (unpaired) electrons. The van der Waals surface area contributed by atoms with Crippen LogP contribution in [0.15, 0.2) is 53.1 Å². The SMILES string of the molecule is CCc1nc(-c2cccc(NC(=O)C3CC(=O)N(c4ccc(C)cc4)C3)c2)no1. The summed E-state index contributed by atoms with van der Waals surface area (Å²) in [5.41, 5.74) is 3.34. The van der Waals surface area contributed by atoms with Crippen LogP contribution in [0, 0.1) is 12.8 Å². The predicted molar refractivity (Wildman–Crippen MR) is 109 cm³/mol. The summed E-state index contributed by atoms with van der Waals surface area (Å²) in [4.78, 5) is 31.2. The quantitative estimate of drug-likeness (QED) is 0.719. The number of hydrogen-bond acceptors (Lipinski definition) is 5. The van der Waals surface area contributed by atoms with Crippen molar-refractivity contribution in [3.05, 3.63) is 60.0 Å². The van der Waals surface area contributed by atoms with E-state index < -0.39 is 5.92 Å². The van der Waals surface area contributed by atoms with Gasteiger partial charge in [0.25, 0.3) is 0 Å². The lowest BCUT2D eigenvalue weighted by Gasteiger charge is -2.17. The molecule has 1 aliphatic heterocycles. The first-order valence-electron chi connectivity index (χ1n) is 9.64. The molecule has 1 aliphatic rings. The van der Waals surface area contributed by atoms with Crippen LogP contribution in [0.3, 0.4) is 0 Å². The molecule has 2 heterocycles. The smallest absolute Gasteiger partial charge is 0.229 e. The molecule has 148 valence electrons. The minimum atomic E-state index is -0.399. The highest BCUT2D eigenvalue weighted by Gasteiger charge is 2.35. The van der Waals surface area contributed by atoms with Crippen LogP contribution in [0.2, 0.25) is 0 Å². The summed E-state index contributed by atoms with van der Waals surface area (Å²) < 4.78 is 5.15. The number of rotatable bonds is 5. The van der Waals surface area contributed by atoms with E-state index in [0.717, 1.165) is 16.8 Å². The van der Waals surface area contributed by atoms with E-state index in [4.69, 9.17) is 4.52 Å². The van der Waals surface area contributed by atoms with Gasteiger partial charge in [0.15, 0.2) is 0 Å². The maximum absolute atomic E-state index is 12.7. The molecule has 4 rings (SSSR count). The Balaban J connectivity index is 1.45. The van der Waals surface area contributed by atoms with Crippen LogP contribution in [0.1, 0.15) is 24.8 Å². The molecule has 0 bridgehead atoms. The molecular weight excluding hydrogens is 368 g/mol. The average Bonchev–Trinajstić information content (AvgIpc) is 3.36. The molecule has 2 amide bonds. The summed E-state index contributed by atoms with van der Waals surface area (Å²) in [6.45, 7) is 4.31. The van der Waals surface area contributed by atoms with Gasteiger partial charge in [0.2, 0.25) is 23.5 Å². The number of carbonyl (C=O) groups excluding carboxylic acids is 2. The first kappa shape index (κ1) is 18.9. The Morgan fingerprint density at radius 3 is 2.76 bits per heavy atom. The molecule has 1 unspecified atom stereocenters. The second-order valence-electron chi connectivity index (χ2n) is 7.18. The molecule has 0 aliphatic carbocycles. The summed E-state index contributed by atoms with van der Waals surface area (Å²) in [6.07, 6.45) is 0.862. The highest BCUT2D eigenvalue weighted by atomic mass is 16.5. The van der Waals surface area contributed by atoms with E-state index in [2.05, 4.69) is 15.5 Å². The van der Waals surface area contributed by atoms with Gasteiger partial charge in [0.05, 0.1) is 5.92 Å². The van der Waals surface area contributed by atoms with Crippen molar-refractivity contribution < 1.29 is 14.1 Å². The lowest BCUT2D eigenvalue weighted by Crippen LogP contribution is -2.28. The minimum absolute atomic E-state index is 0.0401. The van der Waals surface area contributed by atoms with Gasteiger partial charge in [-0.05, 0) is 31.2 Å². The van der Waals surface area contributed by atoms with Gasteiger partial charge in [-0.1, -0.05) is 41.9 Å². The van der Waals surface area contributed by atoms with Crippen LogP contribution >= 0.6 is 0 Å².